The Morgan fingerprint density at radius 2 is 1.85 bits per heavy atom. The van der Waals surface area contributed by atoms with Crippen molar-refractivity contribution in [3.05, 3.63) is 64.1 Å². The predicted octanol–water partition coefficient (Wildman–Crippen LogP) is 5.36. The summed E-state index contributed by atoms with van der Waals surface area (Å²) in [6.45, 7) is 10.4. The van der Waals surface area contributed by atoms with Crippen LogP contribution in [0.1, 0.15) is 71.1 Å². The van der Waals surface area contributed by atoms with Gasteiger partial charge in [0.1, 0.15) is 11.4 Å². The number of carbonyl (C=O) groups is 2. The van der Waals surface area contributed by atoms with Crippen LogP contribution in [0.25, 0.3) is 0 Å². The van der Waals surface area contributed by atoms with Crippen LogP contribution in [0.2, 0.25) is 0 Å². The van der Waals surface area contributed by atoms with Gasteiger partial charge in [0.25, 0.3) is 5.91 Å². The quantitative estimate of drug-likeness (QED) is 0.250. The second-order valence-corrected chi connectivity index (χ2v) is 11.9. The van der Waals surface area contributed by atoms with Gasteiger partial charge >= 0.3 is 5.97 Å². The van der Waals surface area contributed by atoms with Gasteiger partial charge in [-0.2, -0.15) is 0 Å². The van der Waals surface area contributed by atoms with Gasteiger partial charge in [0.05, 0.1) is 6.61 Å². The first kappa shape index (κ1) is 30.6. The Morgan fingerprint density at radius 3 is 2.46 bits per heavy atom. The topological polar surface area (TPSA) is 106 Å². The fraction of sp³-hybridized carbons (Fsp3) is 0.500. The first-order valence-electron chi connectivity index (χ1n) is 13.3. The zero-order valence-electron chi connectivity index (χ0n) is 23.3. The Kier molecular flexibility index (Phi) is 10.6. The van der Waals surface area contributed by atoms with Crippen LogP contribution in [0, 0.1) is 5.92 Å². The monoisotopic (exact) mass is 602 g/mol. The lowest BCUT2D eigenvalue weighted by atomic mass is 9.83. The van der Waals surface area contributed by atoms with E-state index in [9.17, 15) is 9.59 Å². The number of hydrogen-bond donors (Lipinski definition) is 2. The average molecular weight is 604 g/mol. The highest BCUT2D eigenvalue weighted by atomic mass is 79.9. The van der Waals surface area contributed by atoms with Crippen LogP contribution >= 0.6 is 15.9 Å². The van der Waals surface area contributed by atoms with Crippen LogP contribution in [-0.4, -0.2) is 53.8 Å². The molecule has 8 nitrogen and oxygen atoms in total. The Balaban J connectivity index is 2.03. The van der Waals surface area contributed by atoms with E-state index in [2.05, 4.69) is 21.2 Å². The molecule has 1 heterocycles. The Bertz CT molecular complexity index is 1160. The summed E-state index contributed by atoms with van der Waals surface area (Å²) >= 11 is 3.62. The summed E-state index contributed by atoms with van der Waals surface area (Å²) in [5.41, 5.74) is -0.615. The number of carbonyl (C=O) groups excluding carboxylic acids is 2. The van der Waals surface area contributed by atoms with Gasteiger partial charge < -0.3 is 24.6 Å². The van der Waals surface area contributed by atoms with Gasteiger partial charge in [0, 0.05) is 41.6 Å². The van der Waals surface area contributed by atoms with Gasteiger partial charge in [-0.25, -0.2) is 4.99 Å². The molecular formula is C30H39BrN2O6. The molecule has 1 aliphatic heterocycles. The van der Waals surface area contributed by atoms with Crippen LogP contribution in [0.15, 0.2) is 58.0 Å². The molecule has 39 heavy (non-hydrogen) atoms. The highest BCUT2D eigenvalue weighted by Crippen LogP contribution is 2.45. The molecule has 1 amide bonds. The second-order valence-electron chi connectivity index (χ2n) is 11.0. The summed E-state index contributed by atoms with van der Waals surface area (Å²) in [5.74, 6) is 0.473. The third-order valence-electron chi connectivity index (χ3n) is 6.02. The number of aliphatic hydroxyl groups is 1. The van der Waals surface area contributed by atoms with Crippen molar-refractivity contribution in [3.8, 4) is 5.75 Å². The highest BCUT2D eigenvalue weighted by molar-refractivity contribution is 9.10. The van der Waals surface area contributed by atoms with Crippen LogP contribution in [-0.2, 0) is 19.1 Å². The van der Waals surface area contributed by atoms with Crippen molar-refractivity contribution < 1.29 is 28.9 Å². The fourth-order valence-corrected chi connectivity index (χ4v) is 4.66. The summed E-state index contributed by atoms with van der Waals surface area (Å²) in [6.07, 6.45) is -0.149. The molecule has 0 bridgehead atoms. The lowest BCUT2D eigenvalue weighted by Crippen LogP contribution is -2.49. The molecule has 0 aliphatic carbocycles. The summed E-state index contributed by atoms with van der Waals surface area (Å²) in [6, 6.07) is 14.8. The van der Waals surface area contributed by atoms with Gasteiger partial charge in [-0.05, 0) is 63.4 Å². The van der Waals surface area contributed by atoms with Crippen LogP contribution < -0.4 is 10.1 Å². The minimum atomic E-state index is -1.40. The standard InChI is InChI=1S/C30H39BrN2O6/c1-20(2)19-32-28(36)30(16-15-25(35)39-29(3,4)5)26(23-9-6-7-10-24(23)31)38-27(33-30)21-11-13-22(14-12-21)37-18-8-17-34/h6-7,9-14,20,26,34H,8,15-19H2,1-5H3,(H,32,36)/t26-,30-/m1/s1. The number of aliphatic hydroxyl groups excluding tert-OH is 1. The van der Waals surface area contributed by atoms with E-state index >= 15 is 0 Å². The maximum Gasteiger partial charge on any atom is 0.306 e. The largest absolute Gasteiger partial charge is 0.494 e. The number of esters is 1. The fourth-order valence-electron chi connectivity index (χ4n) is 4.17. The van der Waals surface area contributed by atoms with Crippen molar-refractivity contribution >= 4 is 33.7 Å². The molecule has 0 saturated carbocycles. The summed E-state index contributed by atoms with van der Waals surface area (Å²) in [4.78, 5) is 31.6. The zero-order chi connectivity index (χ0) is 28.6. The summed E-state index contributed by atoms with van der Waals surface area (Å²) < 4.78 is 18.4. The van der Waals surface area contributed by atoms with E-state index in [4.69, 9.17) is 24.3 Å². The number of hydrogen-bond acceptors (Lipinski definition) is 7. The molecule has 2 aromatic rings. The predicted molar refractivity (Wildman–Crippen MR) is 154 cm³/mol. The van der Waals surface area contributed by atoms with Crippen LogP contribution in [0.3, 0.4) is 0 Å². The highest BCUT2D eigenvalue weighted by Gasteiger charge is 2.53. The molecule has 0 saturated heterocycles. The number of rotatable bonds is 12. The van der Waals surface area contributed by atoms with Crippen molar-refractivity contribution in [1.82, 2.24) is 5.32 Å². The third-order valence-corrected chi connectivity index (χ3v) is 6.74. The van der Waals surface area contributed by atoms with Gasteiger partial charge in [-0.3, -0.25) is 9.59 Å². The summed E-state index contributed by atoms with van der Waals surface area (Å²) in [5, 5.41) is 12.0. The van der Waals surface area contributed by atoms with Gasteiger partial charge in [0.15, 0.2) is 11.6 Å². The zero-order valence-corrected chi connectivity index (χ0v) is 24.9. The SMILES string of the molecule is CC(C)CNC(=O)[C@]1(CCC(=O)OC(C)(C)C)N=C(c2ccc(OCCCO)cc2)O[C@@H]1c1ccccc1Br. The van der Waals surface area contributed by atoms with E-state index in [0.29, 0.717) is 36.8 Å². The van der Waals surface area contributed by atoms with Crippen LogP contribution in [0.4, 0.5) is 0 Å². The van der Waals surface area contributed by atoms with E-state index < -0.39 is 23.2 Å². The lowest BCUT2D eigenvalue weighted by Gasteiger charge is -2.31. The van der Waals surface area contributed by atoms with Crippen molar-refractivity contribution in [2.24, 2.45) is 10.9 Å². The molecular weight excluding hydrogens is 564 g/mol. The van der Waals surface area contributed by atoms with Crippen molar-refractivity contribution in [2.45, 2.75) is 71.1 Å². The number of nitrogens with zero attached hydrogens (tertiary/aromatic N) is 1. The number of halogens is 1. The van der Waals surface area contributed by atoms with Crippen molar-refractivity contribution in [1.29, 1.82) is 0 Å². The van der Waals surface area contributed by atoms with E-state index in [1.54, 1.807) is 12.1 Å². The average Bonchev–Trinajstić information content (AvgIpc) is 3.26. The number of benzene rings is 2. The number of aliphatic imine (C=N–C) groups is 1. The molecule has 2 N–H and O–H groups in total. The van der Waals surface area contributed by atoms with Gasteiger partial charge in [-0.15, -0.1) is 0 Å². The van der Waals surface area contributed by atoms with E-state index in [0.717, 1.165) is 10.0 Å². The van der Waals surface area contributed by atoms with Crippen molar-refractivity contribution in [3.63, 3.8) is 0 Å². The normalized spacial score (nSPS) is 18.9. The number of nitrogens with one attached hydrogen (secondary N) is 1. The van der Waals surface area contributed by atoms with Gasteiger partial charge in [-0.1, -0.05) is 48.0 Å². The minimum absolute atomic E-state index is 0.00883. The Morgan fingerprint density at radius 1 is 1.15 bits per heavy atom. The molecule has 0 aromatic heterocycles. The minimum Gasteiger partial charge on any atom is -0.494 e. The molecule has 0 unspecified atom stereocenters. The lowest BCUT2D eigenvalue weighted by molar-refractivity contribution is -0.155. The van der Waals surface area contributed by atoms with Crippen molar-refractivity contribution in [2.75, 3.05) is 19.8 Å². The number of ether oxygens (including phenoxy) is 3. The van der Waals surface area contributed by atoms with Gasteiger partial charge in [0.2, 0.25) is 5.90 Å². The molecule has 1 aliphatic rings. The maximum atomic E-state index is 13.9. The molecule has 2 aromatic carbocycles. The summed E-state index contributed by atoms with van der Waals surface area (Å²) in [7, 11) is 0. The van der Waals surface area contributed by atoms with Crippen LogP contribution in [0.5, 0.6) is 5.75 Å². The third kappa shape index (κ3) is 8.29. The molecule has 3 rings (SSSR count). The first-order valence-corrected chi connectivity index (χ1v) is 14.1. The van der Waals surface area contributed by atoms with E-state index in [1.807, 2.05) is 71.0 Å². The second kappa shape index (κ2) is 13.4. The molecule has 0 spiro atoms. The van der Waals surface area contributed by atoms with E-state index in [1.165, 1.54) is 0 Å². The Labute approximate surface area is 239 Å². The molecule has 212 valence electrons. The molecule has 0 radical (unpaired) electrons. The smallest absolute Gasteiger partial charge is 0.306 e. The first-order chi connectivity index (χ1) is 18.4. The molecule has 0 fully saturated rings. The van der Waals surface area contributed by atoms with E-state index in [-0.39, 0.29) is 31.3 Å². The Hall–Kier alpha value is -2.91. The molecule has 2 atom stereocenters. The molecule has 9 heteroatoms. The maximum absolute atomic E-state index is 13.9. The number of amides is 1.